The van der Waals surface area contributed by atoms with Crippen molar-refractivity contribution in [3.63, 3.8) is 0 Å². The van der Waals surface area contributed by atoms with E-state index in [2.05, 4.69) is 15.5 Å². The number of alkyl halides is 3. The lowest BCUT2D eigenvalue weighted by Crippen LogP contribution is -2.12. The zero-order valence-corrected chi connectivity index (χ0v) is 10.5. The summed E-state index contributed by atoms with van der Waals surface area (Å²) in [5, 5.41) is 18.8. The number of benzene rings is 1. The van der Waals surface area contributed by atoms with Gasteiger partial charge in [0.25, 0.3) is 0 Å². The summed E-state index contributed by atoms with van der Waals surface area (Å²) in [5.41, 5.74) is -1.15. The van der Waals surface area contributed by atoms with Gasteiger partial charge in [0, 0.05) is 0 Å². The van der Waals surface area contributed by atoms with Crippen molar-refractivity contribution in [2.75, 3.05) is 5.75 Å². The van der Waals surface area contributed by atoms with Gasteiger partial charge in [-0.15, -0.1) is 5.10 Å². The Balaban J connectivity index is 2.43. The largest absolute Gasteiger partial charge is 0.481 e. The Morgan fingerprint density at radius 3 is 2.70 bits per heavy atom. The molecular weight excluding hydrogens is 297 g/mol. The quantitative estimate of drug-likeness (QED) is 0.868. The van der Waals surface area contributed by atoms with Gasteiger partial charge in [-0.05, 0) is 22.6 Å². The third kappa shape index (κ3) is 3.07. The molecule has 1 heterocycles. The van der Waals surface area contributed by atoms with Crippen LogP contribution in [0.3, 0.4) is 0 Å². The van der Waals surface area contributed by atoms with Gasteiger partial charge in [-0.3, -0.25) is 4.79 Å². The second-order valence-electron chi connectivity index (χ2n) is 3.57. The first-order valence-electron chi connectivity index (χ1n) is 5.19. The summed E-state index contributed by atoms with van der Waals surface area (Å²) in [6.07, 6.45) is -4.56. The number of halogens is 3. The molecule has 0 bridgehead atoms. The van der Waals surface area contributed by atoms with Crippen molar-refractivity contribution in [3.05, 3.63) is 29.8 Å². The number of carboxylic acid groups (broad SMARTS) is 1. The Morgan fingerprint density at radius 2 is 2.05 bits per heavy atom. The van der Waals surface area contributed by atoms with Crippen molar-refractivity contribution >= 4 is 17.7 Å². The average Bonchev–Trinajstić information content (AvgIpc) is 2.83. The molecule has 0 aliphatic heterocycles. The Kier molecular flexibility index (Phi) is 3.93. The van der Waals surface area contributed by atoms with E-state index in [4.69, 9.17) is 5.11 Å². The number of tetrazole rings is 1. The molecule has 1 aromatic carbocycles. The van der Waals surface area contributed by atoms with Crippen molar-refractivity contribution < 1.29 is 23.1 Å². The van der Waals surface area contributed by atoms with Gasteiger partial charge in [0.1, 0.15) is 0 Å². The number of aliphatic carboxylic acids is 1. The van der Waals surface area contributed by atoms with Gasteiger partial charge < -0.3 is 5.11 Å². The second-order valence-corrected chi connectivity index (χ2v) is 4.51. The first kappa shape index (κ1) is 14.3. The van der Waals surface area contributed by atoms with E-state index in [-0.39, 0.29) is 16.6 Å². The lowest BCUT2D eigenvalue weighted by Gasteiger charge is -2.12. The molecule has 0 unspecified atom stereocenters. The number of para-hydroxylation sites is 1. The maximum Gasteiger partial charge on any atom is 0.418 e. The zero-order valence-electron chi connectivity index (χ0n) is 9.70. The van der Waals surface area contributed by atoms with Gasteiger partial charge in [-0.2, -0.15) is 17.9 Å². The normalized spacial score (nSPS) is 11.6. The smallest absolute Gasteiger partial charge is 0.418 e. The van der Waals surface area contributed by atoms with Crippen molar-refractivity contribution in [3.8, 4) is 5.69 Å². The summed E-state index contributed by atoms with van der Waals surface area (Å²) in [7, 11) is 0. The molecule has 0 saturated carbocycles. The van der Waals surface area contributed by atoms with Crippen molar-refractivity contribution in [1.29, 1.82) is 0 Å². The Morgan fingerprint density at radius 1 is 1.35 bits per heavy atom. The van der Waals surface area contributed by atoms with Crippen LogP contribution < -0.4 is 0 Å². The number of nitrogens with zero attached hydrogens (tertiary/aromatic N) is 4. The summed E-state index contributed by atoms with van der Waals surface area (Å²) >= 11 is 0.736. The maximum absolute atomic E-state index is 12.9. The minimum atomic E-state index is -4.56. The molecule has 1 N–H and O–H groups in total. The van der Waals surface area contributed by atoms with E-state index in [1.165, 1.54) is 18.2 Å². The highest BCUT2D eigenvalue weighted by atomic mass is 32.2. The van der Waals surface area contributed by atoms with Crippen molar-refractivity contribution in [2.45, 2.75) is 11.3 Å². The third-order valence-corrected chi connectivity index (χ3v) is 3.11. The Hall–Kier alpha value is -2.10. The van der Waals surface area contributed by atoms with Gasteiger partial charge in [0.05, 0.1) is 17.0 Å². The van der Waals surface area contributed by atoms with Crippen LogP contribution in [0.15, 0.2) is 29.4 Å². The first-order chi connectivity index (χ1) is 9.39. The summed E-state index contributed by atoms with van der Waals surface area (Å²) in [6.45, 7) is 0. The lowest BCUT2D eigenvalue weighted by molar-refractivity contribution is -0.137. The van der Waals surface area contributed by atoms with Crippen molar-refractivity contribution in [2.24, 2.45) is 0 Å². The van der Waals surface area contributed by atoms with E-state index in [9.17, 15) is 18.0 Å². The first-order valence-corrected chi connectivity index (χ1v) is 6.17. The number of hydrogen-bond donors (Lipinski definition) is 1. The molecule has 0 aliphatic carbocycles. The molecule has 20 heavy (non-hydrogen) atoms. The van der Waals surface area contributed by atoms with Gasteiger partial charge in [-0.1, -0.05) is 23.9 Å². The molecule has 2 rings (SSSR count). The van der Waals surface area contributed by atoms with Gasteiger partial charge in [0.15, 0.2) is 0 Å². The summed E-state index contributed by atoms with van der Waals surface area (Å²) in [4.78, 5) is 10.5. The van der Waals surface area contributed by atoms with Crippen LogP contribution in [0.5, 0.6) is 0 Å². The maximum atomic E-state index is 12.9. The minimum Gasteiger partial charge on any atom is -0.481 e. The number of hydrogen-bond acceptors (Lipinski definition) is 5. The number of thioether (sulfide) groups is 1. The molecule has 106 valence electrons. The predicted octanol–water partition coefficient (Wildman–Crippen LogP) is 1.86. The van der Waals surface area contributed by atoms with Gasteiger partial charge in [0.2, 0.25) is 5.16 Å². The van der Waals surface area contributed by atoms with Crippen LogP contribution in [0.25, 0.3) is 5.69 Å². The molecule has 0 amide bonds. The zero-order chi connectivity index (χ0) is 14.8. The van der Waals surface area contributed by atoms with Crippen LogP contribution in [-0.4, -0.2) is 37.0 Å². The fourth-order valence-electron chi connectivity index (χ4n) is 1.44. The molecule has 1 aromatic heterocycles. The van der Waals surface area contributed by atoms with Gasteiger partial charge >= 0.3 is 12.1 Å². The van der Waals surface area contributed by atoms with E-state index in [0.29, 0.717) is 0 Å². The number of carboxylic acids is 1. The number of aromatic nitrogens is 4. The molecule has 10 heteroatoms. The molecule has 0 spiro atoms. The second kappa shape index (κ2) is 5.49. The van der Waals surface area contributed by atoms with E-state index in [1.807, 2.05) is 0 Å². The highest BCUT2D eigenvalue weighted by Gasteiger charge is 2.34. The topological polar surface area (TPSA) is 80.9 Å². The highest BCUT2D eigenvalue weighted by molar-refractivity contribution is 7.99. The standard InChI is InChI=1S/C10H7F3N4O2S/c11-10(12,13)6-3-1-2-4-7(6)17-9(14-15-16-17)20-5-8(18)19/h1-4H,5H2,(H,18,19). The molecular formula is C10H7F3N4O2S. The summed E-state index contributed by atoms with van der Waals surface area (Å²) in [5.74, 6) is -1.47. The van der Waals surface area contributed by atoms with Crippen LogP contribution in [0.1, 0.15) is 5.56 Å². The van der Waals surface area contributed by atoms with Crippen LogP contribution in [0.4, 0.5) is 13.2 Å². The number of rotatable bonds is 4. The average molecular weight is 304 g/mol. The minimum absolute atomic E-state index is 0.0240. The fraction of sp³-hybridized carbons (Fsp3) is 0.200. The van der Waals surface area contributed by atoms with Crippen LogP contribution in [-0.2, 0) is 11.0 Å². The molecule has 0 aliphatic rings. The Labute approximate surface area is 114 Å². The molecule has 0 saturated heterocycles. The SMILES string of the molecule is O=C(O)CSc1nnnn1-c1ccccc1C(F)(F)F. The predicted molar refractivity (Wildman–Crippen MR) is 62.5 cm³/mol. The van der Waals surface area contributed by atoms with E-state index < -0.39 is 17.7 Å². The van der Waals surface area contributed by atoms with Crippen LogP contribution in [0.2, 0.25) is 0 Å². The molecule has 2 aromatic rings. The molecule has 0 radical (unpaired) electrons. The highest BCUT2D eigenvalue weighted by Crippen LogP contribution is 2.34. The molecule has 0 fully saturated rings. The van der Waals surface area contributed by atoms with Gasteiger partial charge in [-0.25, -0.2) is 0 Å². The van der Waals surface area contributed by atoms with Crippen molar-refractivity contribution in [1.82, 2.24) is 20.2 Å². The molecule has 0 atom stereocenters. The van der Waals surface area contributed by atoms with E-state index >= 15 is 0 Å². The third-order valence-electron chi connectivity index (χ3n) is 2.20. The van der Waals surface area contributed by atoms with E-state index in [1.54, 1.807) is 0 Å². The fourth-order valence-corrected chi connectivity index (χ4v) is 2.05. The van der Waals surface area contributed by atoms with E-state index in [0.717, 1.165) is 22.5 Å². The van der Waals surface area contributed by atoms with Crippen LogP contribution >= 0.6 is 11.8 Å². The summed E-state index contributed by atoms with van der Waals surface area (Å²) in [6, 6.07) is 4.78. The van der Waals surface area contributed by atoms with Crippen LogP contribution in [0, 0.1) is 0 Å². The number of carbonyl (C=O) groups is 1. The monoisotopic (exact) mass is 304 g/mol. The summed E-state index contributed by atoms with van der Waals surface area (Å²) < 4.78 is 39.6. The lowest BCUT2D eigenvalue weighted by atomic mass is 10.2. The Bertz CT molecular complexity index is 629. The molecule has 6 nitrogen and oxygen atoms in total.